The monoisotopic (exact) mass is 481 g/mol. The fourth-order valence-corrected chi connectivity index (χ4v) is 4.10. The summed E-state index contributed by atoms with van der Waals surface area (Å²) in [7, 11) is 4.07. The zero-order chi connectivity index (χ0) is 25.8. The second-order valence-corrected chi connectivity index (χ2v) is 9.23. The van der Waals surface area contributed by atoms with Crippen LogP contribution in [0.2, 0.25) is 0 Å². The van der Waals surface area contributed by atoms with E-state index in [0.717, 1.165) is 28.9 Å². The standard InChI is InChI=1S/C29H31N5O2/c1-19-6-5-7-25(30)28(19)31-29(36)24-14-12-22(13-15-24)20(2)34-27(35)17-16-26(32-34)23-10-8-21(9-11-23)18-33(3)4/h5-17,20H,18,30H2,1-4H3,(H,31,36)/t20-/m0/s1. The molecule has 7 nitrogen and oxygen atoms in total. The predicted octanol–water partition coefficient (Wildman–Crippen LogP) is 4.72. The van der Waals surface area contributed by atoms with Gasteiger partial charge in [-0.05, 0) is 68.9 Å². The molecule has 4 rings (SSSR count). The van der Waals surface area contributed by atoms with E-state index in [9.17, 15) is 9.59 Å². The highest BCUT2D eigenvalue weighted by Gasteiger charge is 2.15. The maximum absolute atomic E-state index is 12.8. The summed E-state index contributed by atoms with van der Waals surface area (Å²) in [6.45, 7) is 4.67. The maximum Gasteiger partial charge on any atom is 0.267 e. The Morgan fingerprint density at radius 1 is 1.00 bits per heavy atom. The quantitative estimate of drug-likeness (QED) is 0.373. The number of hydrogen-bond acceptors (Lipinski definition) is 5. The summed E-state index contributed by atoms with van der Waals surface area (Å²) >= 11 is 0. The van der Waals surface area contributed by atoms with E-state index in [2.05, 4.69) is 27.4 Å². The van der Waals surface area contributed by atoms with Gasteiger partial charge in [0.15, 0.2) is 0 Å². The Morgan fingerprint density at radius 3 is 2.33 bits per heavy atom. The fourth-order valence-electron chi connectivity index (χ4n) is 4.10. The lowest BCUT2D eigenvalue weighted by atomic mass is 10.1. The highest BCUT2D eigenvalue weighted by atomic mass is 16.1. The molecule has 0 fully saturated rings. The molecule has 7 heteroatoms. The average molecular weight is 482 g/mol. The molecule has 0 spiro atoms. The van der Waals surface area contributed by atoms with Crippen molar-refractivity contribution < 1.29 is 4.79 Å². The van der Waals surface area contributed by atoms with Crippen LogP contribution in [0, 0.1) is 6.92 Å². The van der Waals surface area contributed by atoms with Crippen LogP contribution in [0.25, 0.3) is 11.3 Å². The highest BCUT2D eigenvalue weighted by Crippen LogP contribution is 2.24. The van der Waals surface area contributed by atoms with Gasteiger partial charge < -0.3 is 16.0 Å². The predicted molar refractivity (Wildman–Crippen MR) is 145 cm³/mol. The molecule has 1 heterocycles. The molecule has 1 aromatic heterocycles. The first-order valence-electron chi connectivity index (χ1n) is 11.8. The number of carbonyl (C=O) groups excluding carboxylic acids is 1. The number of amides is 1. The number of nitrogens with one attached hydrogen (secondary N) is 1. The van der Waals surface area contributed by atoms with Crippen molar-refractivity contribution in [1.29, 1.82) is 0 Å². The smallest absolute Gasteiger partial charge is 0.267 e. The normalized spacial score (nSPS) is 11.9. The summed E-state index contributed by atoms with van der Waals surface area (Å²) in [6.07, 6.45) is 0. The summed E-state index contributed by atoms with van der Waals surface area (Å²) in [4.78, 5) is 27.5. The molecular formula is C29H31N5O2. The van der Waals surface area contributed by atoms with E-state index >= 15 is 0 Å². The Morgan fingerprint density at radius 2 is 1.69 bits per heavy atom. The van der Waals surface area contributed by atoms with Gasteiger partial charge in [-0.15, -0.1) is 0 Å². The van der Waals surface area contributed by atoms with Gasteiger partial charge in [-0.2, -0.15) is 5.10 Å². The van der Waals surface area contributed by atoms with Crippen LogP contribution in [-0.4, -0.2) is 34.7 Å². The van der Waals surface area contributed by atoms with Crippen LogP contribution in [0.4, 0.5) is 11.4 Å². The van der Waals surface area contributed by atoms with Crippen LogP contribution in [0.3, 0.4) is 0 Å². The van der Waals surface area contributed by atoms with E-state index in [0.29, 0.717) is 16.9 Å². The minimum absolute atomic E-state index is 0.188. The third-order valence-corrected chi connectivity index (χ3v) is 6.14. The van der Waals surface area contributed by atoms with Crippen molar-refractivity contribution in [3.8, 4) is 11.3 Å². The first-order chi connectivity index (χ1) is 17.2. The van der Waals surface area contributed by atoms with Gasteiger partial charge >= 0.3 is 0 Å². The number of aromatic nitrogens is 2. The van der Waals surface area contributed by atoms with E-state index in [1.807, 2.05) is 64.3 Å². The van der Waals surface area contributed by atoms with Crippen LogP contribution in [0.1, 0.15) is 40.0 Å². The van der Waals surface area contributed by atoms with Crippen molar-refractivity contribution >= 4 is 17.3 Å². The molecule has 3 N–H and O–H groups in total. The Balaban J connectivity index is 1.53. The lowest BCUT2D eigenvalue weighted by molar-refractivity contribution is 0.102. The SMILES string of the molecule is Cc1cccc(N)c1NC(=O)c1ccc([C@H](C)n2nc(-c3ccc(CN(C)C)cc3)ccc2=O)cc1. The van der Waals surface area contributed by atoms with Crippen molar-refractivity contribution in [2.45, 2.75) is 26.4 Å². The summed E-state index contributed by atoms with van der Waals surface area (Å²) in [6, 6.07) is 23.9. The fraction of sp³-hybridized carbons (Fsp3) is 0.207. The molecule has 0 radical (unpaired) electrons. The summed E-state index contributed by atoms with van der Waals surface area (Å²) in [5.41, 5.74) is 12.1. The number of rotatable bonds is 7. The van der Waals surface area contributed by atoms with Gasteiger partial charge in [-0.25, -0.2) is 4.68 Å². The van der Waals surface area contributed by atoms with Crippen LogP contribution in [0.15, 0.2) is 83.7 Å². The van der Waals surface area contributed by atoms with Crippen molar-refractivity contribution in [2.75, 3.05) is 25.1 Å². The topological polar surface area (TPSA) is 93.2 Å². The van der Waals surface area contributed by atoms with Gasteiger partial charge in [0.25, 0.3) is 11.5 Å². The number of hydrogen-bond donors (Lipinski definition) is 2. The number of benzene rings is 3. The lowest BCUT2D eigenvalue weighted by Crippen LogP contribution is -2.26. The second-order valence-electron chi connectivity index (χ2n) is 9.23. The Labute approximate surface area is 211 Å². The number of carbonyl (C=O) groups is 1. The minimum atomic E-state index is -0.311. The van der Waals surface area contributed by atoms with Crippen molar-refractivity contribution in [1.82, 2.24) is 14.7 Å². The molecule has 0 bridgehead atoms. The van der Waals surface area contributed by atoms with Gasteiger partial charge in [0.2, 0.25) is 0 Å². The first-order valence-corrected chi connectivity index (χ1v) is 11.8. The molecule has 36 heavy (non-hydrogen) atoms. The second kappa shape index (κ2) is 10.6. The third kappa shape index (κ3) is 5.53. The van der Waals surface area contributed by atoms with Gasteiger partial charge in [0.1, 0.15) is 0 Å². The third-order valence-electron chi connectivity index (χ3n) is 6.14. The number of anilines is 2. The molecule has 4 aromatic rings. The van der Waals surface area contributed by atoms with E-state index in [1.165, 1.54) is 10.2 Å². The van der Waals surface area contributed by atoms with Gasteiger partial charge in [0.05, 0.1) is 23.1 Å². The van der Waals surface area contributed by atoms with Crippen molar-refractivity contribution in [3.05, 3.63) is 111 Å². The Bertz CT molecular complexity index is 1400. The van der Waals surface area contributed by atoms with Crippen LogP contribution >= 0.6 is 0 Å². The summed E-state index contributed by atoms with van der Waals surface area (Å²) in [5.74, 6) is -0.245. The molecule has 1 atom stereocenters. The molecule has 1 amide bonds. The van der Waals surface area contributed by atoms with Crippen LogP contribution in [-0.2, 0) is 6.54 Å². The van der Waals surface area contributed by atoms with Gasteiger partial charge in [0, 0.05) is 23.7 Å². The number of nitrogens with two attached hydrogens (primary N) is 1. The molecule has 0 aliphatic rings. The zero-order valence-electron chi connectivity index (χ0n) is 21.0. The molecule has 3 aromatic carbocycles. The van der Waals surface area contributed by atoms with E-state index < -0.39 is 0 Å². The maximum atomic E-state index is 12.8. The molecule has 0 aliphatic heterocycles. The number of para-hydroxylation sites is 1. The van der Waals surface area contributed by atoms with Crippen molar-refractivity contribution in [2.24, 2.45) is 0 Å². The van der Waals surface area contributed by atoms with Crippen LogP contribution in [0.5, 0.6) is 0 Å². The van der Waals surface area contributed by atoms with Crippen molar-refractivity contribution in [3.63, 3.8) is 0 Å². The molecule has 0 unspecified atom stereocenters. The van der Waals surface area contributed by atoms with E-state index in [1.54, 1.807) is 30.3 Å². The summed E-state index contributed by atoms with van der Waals surface area (Å²) in [5, 5.41) is 7.53. The summed E-state index contributed by atoms with van der Waals surface area (Å²) < 4.78 is 1.48. The van der Waals surface area contributed by atoms with E-state index in [-0.39, 0.29) is 17.5 Å². The Kier molecular flexibility index (Phi) is 7.31. The average Bonchev–Trinajstić information content (AvgIpc) is 2.86. The number of nitrogens with zero attached hydrogens (tertiary/aromatic N) is 3. The molecule has 184 valence electrons. The van der Waals surface area contributed by atoms with Crippen LogP contribution < -0.4 is 16.6 Å². The number of aryl methyl sites for hydroxylation is 1. The first kappa shape index (κ1) is 24.9. The molecule has 0 saturated carbocycles. The van der Waals surface area contributed by atoms with Gasteiger partial charge in [-0.3, -0.25) is 9.59 Å². The molecular weight excluding hydrogens is 450 g/mol. The zero-order valence-corrected chi connectivity index (χ0v) is 21.0. The largest absolute Gasteiger partial charge is 0.397 e. The molecule has 0 aliphatic carbocycles. The Hall–Kier alpha value is -4.23. The number of nitrogen functional groups attached to an aromatic ring is 1. The highest BCUT2D eigenvalue weighted by molar-refractivity contribution is 6.06. The lowest BCUT2D eigenvalue weighted by Gasteiger charge is -2.16. The van der Waals surface area contributed by atoms with Gasteiger partial charge in [-0.1, -0.05) is 48.5 Å². The molecule has 0 saturated heterocycles. The minimum Gasteiger partial charge on any atom is -0.397 e. The van der Waals surface area contributed by atoms with E-state index in [4.69, 9.17) is 5.73 Å².